The van der Waals surface area contributed by atoms with Crippen molar-refractivity contribution in [3.05, 3.63) is 25.4 Å². The molecule has 0 atom stereocenters. The van der Waals surface area contributed by atoms with Crippen LogP contribution < -0.4 is 5.56 Å². The number of nitrogens with zero attached hydrogens (tertiary/aromatic N) is 1. The van der Waals surface area contributed by atoms with Crippen molar-refractivity contribution < 1.29 is 4.74 Å². The molecule has 1 saturated carbocycles. The third kappa shape index (κ3) is 1.79. The molecule has 4 nitrogen and oxygen atoms in total. The Morgan fingerprint density at radius 3 is 2.69 bits per heavy atom. The molecular formula is C11H15IN2O2. The van der Waals surface area contributed by atoms with Crippen LogP contribution in [0.25, 0.3) is 0 Å². The normalized spacial score (nSPS) is 18.2. The summed E-state index contributed by atoms with van der Waals surface area (Å²) in [6.45, 7) is 2.01. The summed E-state index contributed by atoms with van der Waals surface area (Å²) in [4.78, 5) is 19.1. The van der Waals surface area contributed by atoms with Crippen molar-refractivity contribution >= 4 is 22.6 Å². The van der Waals surface area contributed by atoms with Gasteiger partial charge < -0.3 is 9.72 Å². The SMILES string of the molecule is CCc1nc(C2(OC)CCC2)[nH]c(=O)c1I. The first-order valence-electron chi connectivity index (χ1n) is 5.47. The average molecular weight is 334 g/mol. The highest BCUT2D eigenvalue weighted by atomic mass is 127. The molecule has 88 valence electrons. The second-order valence-electron chi connectivity index (χ2n) is 4.08. The molecule has 1 aromatic heterocycles. The van der Waals surface area contributed by atoms with Crippen LogP contribution in [-0.2, 0) is 16.8 Å². The Kier molecular flexibility index (Phi) is 3.34. The van der Waals surface area contributed by atoms with Crippen molar-refractivity contribution in [1.29, 1.82) is 0 Å². The van der Waals surface area contributed by atoms with E-state index in [2.05, 4.69) is 9.97 Å². The van der Waals surface area contributed by atoms with E-state index in [0.29, 0.717) is 9.39 Å². The van der Waals surface area contributed by atoms with Gasteiger partial charge in [0.25, 0.3) is 5.56 Å². The van der Waals surface area contributed by atoms with E-state index in [4.69, 9.17) is 4.74 Å². The predicted octanol–water partition coefficient (Wildman–Crippen LogP) is 1.96. The van der Waals surface area contributed by atoms with Gasteiger partial charge in [0.2, 0.25) is 0 Å². The zero-order valence-electron chi connectivity index (χ0n) is 9.47. The standard InChI is InChI=1S/C11H15IN2O2/c1-3-7-8(12)9(15)14-10(13-7)11(16-2)5-4-6-11/h3-6H2,1-2H3,(H,13,14,15). The molecule has 1 aromatic rings. The number of hydrogen-bond acceptors (Lipinski definition) is 3. The summed E-state index contributed by atoms with van der Waals surface area (Å²) in [6, 6.07) is 0. The zero-order valence-corrected chi connectivity index (χ0v) is 11.6. The van der Waals surface area contributed by atoms with Gasteiger partial charge >= 0.3 is 0 Å². The van der Waals surface area contributed by atoms with Crippen LogP contribution in [0.15, 0.2) is 4.79 Å². The van der Waals surface area contributed by atoms with Gasteiger partial charge in [-0.25, -0.2) is 4.98 Å². The molecule has 0 aromatic carbocycles. The Labute approximate surface area is 108 Å². The van der Waals surface area contributed by atoms with Crippen molar-refractivity contribution in [3.63, 3.8) is 0 Å². The lowest BCUT2D eigenvalue weighted by molar-refractivity contribution is -0.0849. The summed E-state index contributed by atoms with van der Waals surface area (Å²) >= 11 is 2.04. The lowest BCUT2D eigenvalue weighted by Crippen LogP contribution is -2.40. The fourth-order valence-electron chi connectivity index (χ4n) is 1.99. The van der Waals surface area contributed by atoms with Crippen LogP contribution in [0.3, 0.4) is 0 Å². The Balaban J connectivity index is 2.50. The average Bonchev–Trinajstić information content (AvgIpc) is 2.22. The maximum atomic E-state index is 11.8. The summed E-state index contributed by atoms with van der Waals surface area (Å²) in [5, 5.41) is 0. The van der Waals surface area contributed by atoms with E-state index >= 15 is 0 Å². The topological polar surface area (TPSA) is 55.0 Å². The molecule has 1 aliphatic carbocycles. The van der Waals surface area contributed by atoms with Gasteiger partial charge in [-0.2, -0.15) is 0 Å². The summed E-state index contributed by atoms with van der Waals surface area (Å²) in [6.07, 6.45) is 3.78. The van der Waals surface area contributed by atoms with Crippen LogP contribution in [-0.4, -0.2) is 17.1 Å². The summed E-state index contributed by atoms with van der Waals surface area (Å²) in [5.41, 5.74) is 0.474. The number of aromatic nitrogens is 2. The largest absolute Gasteiger partial charge is 0.370 e. The molecule has 0 spiro atoms. The van der Waals surface area contributed by atoms with E-state index in [-0.39, 0.29) is 11.2 Å². The number of methoxy groups -OCH3 is 1. The van der Waals surface area contributed by atoms with E-state index in [1.54, 1.807) is 7.11 Å². The fourth-order valence-corrected chi connectivity index (χ4v) is 2.63. The number of rotatable bonds is 3. The van der Waals surface area contributed by atoms with E-state index < -0.39 is 0 Å². The van der Waals surface area contributed by atoms with E-state index in [1.165, 1.54) is 0 Å². The molecule has 0 unspecified atom stereocenters. The first kappa shape index (κ1) is 12.0. The van der Waals surface area contributed by atoms with Gasteiger partial charge in [-0.15, -0.1) is 0 Å². The van der Waals surface area contributed by atoms with Crippen LogP contribution in [0.4, 0.5) is 0 Å². The molecule has 0 bridgehead atoms. The minimum Gasteiger partial charge on any atom is -0.370 e. The van der Waals surface area contributed by atoms with Crippen molar-refractivity contribution in [1.82, 2.24) is 9.97 Å². The smallest absolute Gasteiger partial charge is 0.264 e. The highest BCUT2D eigenvalue weighted by Crippen LogP contribution is 2.42. The van der Waals surface area contributed by atoms with Crippen molar-refractivity contribution in [2.45, 2.75) is 38.2 Å². The molecule has 0 saturated heterocycles. The Hall–Kier alpha value is -0.430. The molecule has 0 radical (unpaired) electrons. The summed E-state index contributed by atoms with van der Waals surface area (Å²) < 4.78 is 6.21. The highest BCUT2D eigenvalue weighted by molar-refractivity contribution is 14.1. The number of hydrogen-bond donors (Lipinski definition) is 1. The Morgan fingerprint density at radius 1 is 1.56 bits per heavy atom. The number of aromatic amines is 1. The monoisotopic (exact) mass is 334 g/mol. The van der Waals surface area contributed by atoms with Gasteiger partial charge in [0.15, 0.2) is 0 Å². The second-order valence-corrected chi connectivity index (χ2v) is 5.16. The number of aryl methyl sites for hydroxylation is 1. The zero-order chi connectivity index (χ0) is 11.8. The second kappa shape index (κ2) is 4.44. The maximum Gasteiger partial charge on any atom is 0.264 e. The van der Waals surface area contributed by atoms with Gasteiger partial charge in [0.1, 0.15) is 11.4 Å². The lowest BCUT2D eigenvalue weighted by atomic mass is 9.79. The van der Waals surface area contributed by atoms with Gasteiger partial charge in [-0.3, -0.25) is 4.79 Å². The first-order valence-corrected chi connectivity index (χ1v) is 6.55. The molecule has 1 N–H and O–H groups in total. The third-order valence-corrected chi connectivity index (χ3v) is 4.36. The van der Waals surface area contributed by atoms with Gasteiger partial charge in [0, 0.05) is 7.11 Å². The van der Waals surface area contributed by atoms with Crippen LogP contribution in [0.5, 0.6) is 0 Å². The molecule has 5 heteroatoms. The predicted molar refractivity (Wildman–Crippen MR) is 69.5 cm³/mol. The molecule has 1 fully saturated rings. The molecule has 1 heterocycles. The third-order valence-electron chi connectivity index (χ3n) is 3.25. The van der Waals surface area contributed by atoms with Gasteiger partial charge in [-0.1, -0.05) is 6.92 Å². The molecule has 2 rings (SSSR count). The Bertz CT molecular complexity index is 446. The quantitative estimate of drug-likeness (QED) is 0.860. The van der Waals surface area contributed by atoms with E-state index in [1.807, 2.05) is 29.5 Å². The summed E-state index contributed by atoms with van der Waals surface area (Å²) in [5.74, 6) is 0.698. The highest BCUT2D eigenvalue weighted by Gasteiger charge is 2.41. The van der Waals surface area contributed by atoms with Crippen LogP contribution in [0, 0.1) is 3.57 Å². The first-order chi connectivity index (χ1) is 7.63. The maximum absolute atomic E-state index is 11.8. The lowest BCUT2D eigenvalue weighted by Gasteiger charge is -2.39. The number of halogens is 1. The number of ether oxygens (including phenoxy) is 1. The van der Waals surface area contributed by atoms with Crippen molar-refractivity contribution in [3.8, 4) is 0 Å². The van der Waals surface area contributed by atoms with Crippen molar-refractivity contribution in [2.75, 3.05) is 7.11 Å². The Morgan fingerprint density at radius 2 is 2.25 bits per heavy atom. The summed E-state index contributed by atoms with van der Waals surface area (Å²) in [7, 11) is 1.68. The molecule has 16 heavy (non-hydrogen) atoms. The number of H-pyrrole nitrogens is 1. The molecular weight excluding hydrogens is 319 g/mol. The number of nitrogens with one attached hydrogen (secondary N) is 1. The molecule has 0 aliphatic heterocycles. The minimum absolute atomic E-state index is 0.0502. The van der Waals surface area contributed by atoms with Crippen LogP contribution >= 0.6 is 22.6 Å². The van der Waals surface area contributed by atoms with Crippen LogP contribution in [0.1, 0.15) is 37.7 Å². The minimum atomic E-state index is -0.340. The van der Waals surface area contributed by atoms with E-state index in [9.17, 15) is 4.79 Å². The molecule has 1 aliphatic rings. The van der Waals surface area contributed by atoms with Crippen molar-refractivity contribution in [2.24, 2.45) is 0 Å². The molecule has 0 amide bonds. The van der Waals surface area contributed by atoms with Gasteiger partial charge in [-0.05, 0) is 48.3 Å². The van der Waals surface area contributed by atoms with E-state index in [0.717, 1.165) is 31.4 Å². The van der Waals surface area contributed by atoms with Crippen LogP contribution in [0.2, 0.25) is 0 Å². The van der Waals surface area contributed by atoms with Gasteiger partial charge in [0.05, 0.1) is 9.26 Å². The fraction of sp³-hybridized carbons (Fsp3) is 0.636.